The second kappa shape index (κ2) is 18.1. The number of carbonyl (C=O) groups excluding carboxylic acids is 2. The molecule has 1 aromatic heterocycles. The van der Waals surface area contributed by atoms with Gasteiger partial charge in [-0.3, -0.25) is 9.59 Å². The number of carbonyl (C=O) groups is 2. The van der Waals surface area contributed by atoms with Crippen LogP contribution in [0.2, 0.25) is 0 Å². The minimum atomic E-state index is -7.22. The maximum atomic E-state index is 15.4. The summed E-state index contributed by atoms with van der Waals surface area (Å²) in [5.41, 5.74) is -13.6. The average molecular weight is 937 g/mol. The van der Waals surface area contributed by atoms with Gasteiger partial charge in [-0.2, -0.15) is 4.57 Å². The van der Waals surface area contributed by atoms with Crippen molar-refractivity contribution in [2.75, 3.05) is 6.67 Å². The third-order valence-electron chi connectivity index (χ3n) is 9.46. The second-order valence-corrected chi connectivity index (χ2v) is 12.9. The van der Waals surface area contributed by atoms with E-state index in [1.54, 1.807) is 42.6 Å². The summed E-state index contributed by atoms with van der Waals surface area (Å²) in [5.74, 6) is -72.1. The summed E-state index contributed by atoms with van der Waals surface area (Å²) in [7, 11) is 0. The fraction of sp³-hybridized carbons (Fsp3) is 0.0513. The number of benzene rings is 5. The number of hydrogen-bond acceptors (Lipinski definition) is 2. The zero-order valence-electron chi connectivity index (χ0n) is 30.4. The normalized spacial score (nSPS) is 11.5. The molecule has 6 rings (SSSR count). The summed E-state index contributed by atoms with van der Waals surface area (Å²) in [6.45, 7) is -1.05. The fourth-order valence-corrected chi connectivity index (χ4v) is 6.68. The highest BCUT2D eigenvalue weighted by atomic mass is 19.2. The summed E-state index contributed by atoms with van der Waals surface area (Å²) in [6.07, 6.45) is -5.62. The number of aromatic nitrogens is 1. The lowest BCUT2D eigenvalue weighted by Crippen LogP contribution is -2.81. The first-order valence-corrected chi connectivity index (χ1v) is 16.8. The predicted octanol–water partition coefficient (Wildman–Crippen LogP) is 7.86. The van der Waals surface area contributed by atoms with Gasteiger partial charge in [-0.1, -0.05) is 30.3 Å². The van der Waals surface area contributed by atoms with E-state index < -0.39 is 157 Å². The van der Waals surface area contributed by atoms with Gasteiger partial charge in [-0.05, 0) is 6.07 Å². The van der Waals surface area contributed by atoms with Gasteiger partial charge in [0.1, 0.15) is 52.7 Å². The van der Waals surface area contributed by atoms with Crippen LogP contribution in [-0.4, -0.2) is 24.4 Å². The molecule has 0 N–H and O–H groups in total. The third-order valence-corrected chi connectivity index (χ3v) is 9.46. The van der Waals surface area contributed by atoms with Crippen molar-refractivity contribution in [3.63, 3.8) is 0 Å². The van der Waals surface area contributed by atoms with Gasteiger partial charge >= 0.3 is 0 Å². The Balaban J connectivity index is 0.000000337. The van der Waals surface area contributed by atoms with E-state index in [1.165, 1.54) is 10.6 Å². The maximum Gasteiger partial charge on any atom is 0.257 e. The van der Waals surface area contributed by atoms with Crippen LogP contribution >= 0.6 is 0 Å². The van der Waals surface area contributed by atoms with Gasteiger partial charge in [-0.15, -0.1) is 21.9 Å². The van der Waals surface area contributed by atoms with E-state index >= 15 is 35.1 Å². The summed E-state index contributed by atoms with van der Waals surface area (Å²) in [6, 6.07) is 13.7. The summed E-state index contributed by atoms with van der Waals surface area (Å²) in [5, 5.41) is 0. The number of ketones is 2. The molecule has 3 nitrogen and oxygen atoms in total. The first-order valence-electron chi connectivity index (χ1n) is 16.8. The lowest BCUT2D eigenvalue weighted by molar-refractivity contribution is -0.685. The largest absolute Gasteiger partial charge is 0.287 e. The van der Waals surface area contributed by atoms with E-state index in [0.29, 0.717) is 5.56 Å². The standard InChI is InChI=1S/C24BF20.C15H13FNO2/c26-5-1(6(27)14(35)21(42)13(5)34)25(2-7(28)15(36)22(43)16(37)8(2)29,3-9(30)17(38)23(44)18(39)10(3)31)4-11(32)19(40)24(45)20(41)12(4)33;16-10-14(18)13-8-4-5-9-17(13)11-15(19)12-6-2-1-3-7-12/h;1-9H,10-11H2/q-1;+1. The van der Waals surface area contributed by atoms with E-state index in [-0.39, 0.29) is 18.0 Å². The first kappa shape index (κ1) is 48.2. The van der Waals surface area contributed by atoms with Crippen molar-refractivity contribution in [2.45, 2.75) is 6.54 Å². The van der Waals surface area contributed by atoms with Crippen LogP contribution in [-0.2, 0) is 6.54 Å². The number of halogens is 21. The van der Waals surface area contributed by atoms with Crippen molar-refractivity contribution in [1.29, 1.82) is 0 Å². The molecular weight excluding hydrogens is 924 g/mol. The molecule has 0 fully saturated rings. The van der Waals surface area contributed by atoms with Crippen LogP contribution in [0.15, 0.2) is 54.7 Å². The minimum Gasteiger partial charge on any atom is -0.287 e. The molecule has 25 heteroatoms. The van der Waals surface area contributed by atoms with Crippen LogP contribution in [0.25, 0.3) is 0 Å². The smallest absolute Gasteiger partial charge is 0.257 e. The Morgan fingerprint density at radius 1 is 0.359 bits per heavy atom. The van der Waals surface area contributed by atoms with E-state index in [2.05, 4.69) is 0 Å². The Kier molecular flexibility index (Phi) is 13.6. The topological polar surface area (TPSA) is 38.0 Å². The van der Waals surface area contributed by atoms with Crippen molar-refractivity contribution in [2.24, 2.45) is 0 Å². The van der Waals surface area contributed by atoms with E-state index in [4.69, 9.17) is 0 Å². The van der Waals surface area contributed by atoms with Crippen LogP contribution in [0.5, 0.6) is 0 Å². The number of hydrogen-bond donors (Lipinski definition) is 0. The highest BCUT2D eigenvalue weighted by Crippen LogP contribution is 2.30. The molecule has 0 spiro atoms. The van der Waals surface area contributed by atoms with E-state index in [0.717, 1.165) is 0 Å². The number of Topliss-reactive ketones (excluding diaryl/α,β-unsaturated/α-hetero) is 2. The number of alkyl halides is 1. The number of rotatable bonds is 9. The van der Waals surface area contributed by atoms with Crippen molar-refractivity contribution < 1.29 is 106 Å². The molecule has 0 saturated carbocycles. The molecule has 0 saturated heterocycles. The van der Waals surface area contributed by atoms with Crippen LogP contribution in [0.1, 0.15) is 20.8 Å². The van der Waals surface area contributed by atoms with Gasteiger partial charge in [0.05, 0.1) is 0 Å². The third kappa shape index (κ3) is 7.58. The maximum absolute atomic E-state index is 15.4. The van der Waals surface area contributed by atoms with E-state index in [1.807, 2.05) is 6.07 Å². The first-order chi connectivity index (χ1) is 29.9. The quantitative estimate of drug-likeness (QED) is 0.0370. The minimum absolute atomic E-state index is 0.0198. The molecule has 64 heavy (non-hydrogen) atoms. The van der Waals surface area contributed by atoms with Crippen LogP contribution in [0.3, 0.4) is 0 Å². The Bertz CT molecular complexity index is 2510. The highest BCUT2D eigenvalue weighted by Gasteiger charge is 2.52. The van der Waals surface area contributed by atoms with Gasteiger partial charge in [0.15, 0.2) is 82.7 Å². The SMILES string of the molecule is Fc1c(F)c(F)c([B-](c2c(F)c(F)c(F)c(F)c2F)(c2c(F)c(F)c(F)c(F)c2F)c2c(F)c(F)c(F)c(F)c2F)c(F)c1F.O=C(C[n+]1ccccc1C(=O)CF)c1ccccc1. The molecule has 336 valence electrons. The van der Waals surface area contributed by atoms with Gasteiger partial charge < -0.3 is 0 Å². The van der Waals surface area contributed by atoms with Gasteiger partial charge in [0, 0.05) is 17.7 Å². The summed E-state index contributed by atoms with van der Waals surface area (Å²) < 4.78 is 308. The van der Waals surface area contributed by atoms with Gasteiger partial charge in [0.25, 0.3) is 11.5 Å². The zero-order valence-corrected chi connectivity index (χ0v) is 30.4. The molecule has 0 unspecified atom stereocenters. The molecule has 1 heterocycles. The van der Waals surface area contributed by atoms with Crippen molar-refractivity contribution in [1.82, 2.24) is 0 Å². The monoisotopic (exact) mass is 937 g/mol. The Labute approximate surface area is 341 Å². The number of nitrogens with zero attached hydrogens (tertiary/aromatic N) is 1. The Morgan fingerprint density at radius 2 is 0.625 bits per heavy atom. The van der Waals surface area contributed by atoms with Gasteiger partial charge in [0.2, 0.25) is 12.3 Å². The van der Waals surface area contributed by atoms with Crippen LogP contribution in [0.4, 0.5) is 92.2 Å². The van der Waals surface area contributed by atoms with Crippen molar-refractivity contribution in [3.8, 4) is 0 Å². The Morgan fingerprint density at radius 3 is 0.906 bits per heavy atom. The molecule has 0 bridgehead atoms. The molecule has 0 amide bonds. The summed E-state index contributed by atoms with van der Waals surface area (Å²) >= 11 is 0. The molecule has 0 aliphatic rings. The lowest BCUT2D eigenvalue weighted by Gasteiger charge is -2.44. The van der Waals surface area contributed by atoms with Crippen molar-refractivity contribution >= 4 is 39.6 Å². The molecule has 0 aliphatic heterocycles. The fourth-order valence-electron chi connectivity index (χ4n) is 6.68. The molecule has 0 radical (unpaired) electrons. The van der Waals surface area contributed by atoms with Crippen LogP contribution in [0, 0.1) is 116 Å². The molecular formula is C39H13BF21NO2. The van der Waals surface area contributed by atoms with Crippen LogP contribution < -0.4 is 26.4 Å². The zero-order chi connectivity index (χ0) is 48.0. The highest BCUT2D eigenvalue weighted by molar-refractivity contribution is 7.20. The second-order valence-electron chi connectivity index (χ2n) is 12.9. The molecule has 0 atom stereocenters. The number of pyridine rings is 1. The molecule has 6 aromatic rings. The van der Waals surface area contributed by atoms with Crippen molar-refractivity contribution in [3.05, 3.63) is 182 Å². The molecule has 5 aromatic carbocycles. The summed E-state index contributed by atoms with van der Waals surface area (Å²) in [4.78, 5) is 23.5. The lowest BCUT2D eigenvalue weighted by atomic mass is 9.12. The average Bonchev–Trinajstić information content (AvgIpc) is 3.29. The van der Waals surface area contributed by atoms with E-state index in [9.17, 15) is 66.7 Å². The Hall–Kier alpha value is -6.82. The van der Waals surface area contributed by atoms with Gasteiger partial charge in [-0.25, -0.2) is 92.2 Å². The predicted molar refractivity (Wildman–Crippen MR) is 177 cm³/mol. The molecule has 0 aliphatic carbocycles.